The van der Waals surface area contributed by atoms with Gasteiger partial charge in [0.2, 0.25) is 0 Å². The number of ether oxygens (including phenoxy) is 1. The van der Waals surface area contributed by atoms with Gasteiger partial charge in [0.15, 0.2) is 0 Å². The van der Waals surface area contributed by atoms with Crippen LogP contribution in [-0.2, 0) is 6.61 Å². The molecule has 0 fully saturated rings. The smallest absolute Gasteiger partial charge is 0.119 e. The predicted octanol–water partition coefficient (Wildman–Crippen LogP) is 5.32. The lowest BCUT2D eigenvalue weighted by molar-refractivity contribution is 0.306. The van der Waals surface area contributed by atoms with Crippen molar-refractivity contribution in [2.24, 2.45) is 5.10 Å². The Hall–Kier alpha value is -2.34. The number of nitrogens with one attached hydrogen (secondary N) is 1. The van der Waals surface area contributed by atoms with E-state index < -0.39 is 0 Å². The van der Waals surface area contributed by atoms with Gasteiger partial charge in [0.05, 0.1) is 11.9 Å². The SMILES string of the molecule is Ic1ccc(COc2ccc(/C=N\Nc3ccccc3)cc2)cc1. The molecule has 0 saturated heterocycles. The second-order valence-electron chi connectivity index (χ2n) is 5.22. The molecule has 24 heavy (non-hydrogen) atoms. The number of hydrazone groups is 1. The van der Waals surface area contributed by atoms with E-state index in [1.54, 1.807) is 6.21 Å². The molecule has 0 aliphatic rings. The number of nitrogens with zero attached hydrogens (tertiary/aromatic N) is 1. The summed E-state index contributed by atoms with van der Waals surface area (Å²) >= 11 is 2.30. The molecule has 0 bridgehead atoms. The van der Waals surface area contributed by atoms with Crippen molar-refractivity contribution in [3.8, 4) is 5.75 Å². The number of hydrogen-bond acceptors (Lipinski definition) is 3. The van der Waals surface area contributed by atoms with Gasteiger partial charge in [-0.25, -0.2) is 0 Å². The van der Waals surface area contributed by atoms with E-state index in [2.05, 4.69) is 57.4 Å². The summed E-state index contributed by atoms with van der Waals surface area (Å²) in [6.45, 7) is 0.569. The van der Waals surface area contributed by atoms with Crippen LogP contribution in [0.2, 0.25) is 0 Å². The molecule has 3 nitrogen and oxygen atoms in total. The van der Waals surface area contributed by atoms with Crippen LogP contribution < -0.4 is 10.2 Å². The molecular formula is C20H17IN2O. The summed E-state index contributed by atoms with van der Waals surface area (Å²) in [5.74, 6) is 0.849. The van der Waals surface area contributed by atoms with Crippen molar-refractivity contribution >= 4 is 34.5 Å². The zero-order chi connectivity index (χ0) is 16.6. The van der Waals surface area contributed by atoms with E-state index in [0.717, 1.165) is 22.6 Å². The Kier molecular flexibility index (Phi) is 5.85. The van der Waals surface area contributed by atoms with E-state index in [1.165, 1.54) is 3.57 Å². The first-order valence-electron chi connectivity index (χ1n) is 7.61. The third-order valence-electron chi connectivity index (χ3n) is 3.38. The van der Waals surface area contributed by atoms with Crippen LogP contribution in [0.4, 0.5) is 5.69 Å². The Balaban J connectivity index is 1.52. The Bertz CT molecular complexity index is 784. The van der Waals surface area contributed by atoms with Crippen LogP contribution in [0.3, 0.4) is 0 Å². The third kappa shape index (κ3) is 5.09. The minimum Gasteiger partial charge on any atom is -0.489 e. The number of hydrogen-bond donors (Lipinski definition) is 1. The standard InChI is InChI=1S/C20H17IN2O/c21-18-10-6-17(7-11-18)15-24-20-12-8-16(9-13-20)14-22-23-19-4-2-1-3-5-19/h1-14,23H,15H2/b22-14-. The zero-order valence-electron chi connectivity index (χ0n) is 13.0. The van der Waals surface area contributed by atoms with Gasteiger partial charge >= 0.3 is 0 Å². The lowest BCUT2D eigenvalue weighted by atomic mass is 10.2. The summed E-state index contributed by atoms with van der Waals surface area (Å²) < 4.78 is 7.02. The van der Waals surface area contributed by atoms with Crippen LogP contribution in [0, 0.1) is 3.57 Å². The van der Waals surface area contributed by atoms with Crippen molar-refractivity contribution in [1.29, 1.82) is 0 Å². The van der Waals surface area contributed by atoms with Crippen LogP contribution in [0.15, 0.2) is 84.0 Å². The van der Waals surface area contributed by atoms with Crippen LogP contribution >= 0.6 is 22.6 Å². The van der Waals surface area contributed by atoms with Crippen molar-refractivity contribution in [3.63, 3.8) is 0 Å². The fraction of sp³-hybridized carbons (Fsp3) is 0.0500. The molecular weight excluding hydrogens is 411 g/mol. The number of halogens is 1. The second-order valence-corrected chi connectivity index (χ2v) is 6.47. The van der Waals surface area contributed by atoms with Crippen molar-refractivity contribution < 1.29 is 4.74 Å². The fourth-order valence-corrected chi connectivity index (χ4v) is 2.45. The maximum absolute atomic E-state index is 5.80. The molecule has 4 heteroatoms. The highest BCUT2D eigenvalue weighted by molar-refractivity contribution is 14.1. The molecule has 0 spiro atoms. The molecule has 0 amide bonds. The fourth-order valence-electron chi connectivity index (χ4n) is 2.09. The number of para-hydroxylation sites is 1. The van der Waals surface area contributed by atoms with E-state index in [0.29, 0.717) is 6.61 Å². The maximum atomic E-state index is 5.80. The van der Waals surface area contributed by atoms with Crippen molar-refractivity contribution in [1.82, 2.24) is 0 Å². The summed E-state index contributed by atoms with van der Waals surface area (Å²) in [6.07, 6.45) is 1.79. The maximum Gasteiger partial charge on any atom is 0.119 e. The molecule has 0 aliphatic carbocycles. The Morgan fingerprint density at radius 2 is 1.58 bits per heavy atom. The highest BCUT2D eigenvalue weighted by Gasteiger charge is 1.97. The normalized spacial score (nSPS) is 10.7. The van der Waals surface area contributed by atoms with Gasteiger partial charge in [-0.15, -0.1) is 0 Å². The first kappa shape index (κ1) is 16.5. The average Bonchev–Trinajstić information content (AvgIpc) is 2.63. The molecule has 0 atom stereocenters. The lowest BCUT2D eigenvalue weighted by Gasteiger charge is -2.06. The number of benzene rings is 3. The average molecular weight is 428 g/mol. The molecule has 3 aromatic rings. The summed E-state index contributed by atoms with van der Waals surface area (Å²) in [7, 11) is 0. The third-order valence-corrected chi connectivity index (χ3v) is 4.10. The number of rotatable bonds is 6. The van der Waals surface area contributed by atoms with Crippen LogP contribution in [0.25, 0.3) is 0 Å². The van der Waals surface area contributed by atoms with Crippen molar-refractivity contribution in [2.45, 2.75) is 6.61 Å². The molecule has 0 radical (unpaired) electrons. The highest BCUT2D eigenvalue weighted by Crippen LogP contribution is 2.14. The molecule has 120 valence electrons. The largest absolute Gasteiger partial charge is 0.489 e. The Labute approximate surface area is 155 Å². The van der Waals surface area contributed by atoms with E-state index in [-0.39, 0.29) is 0 Å². The van der Waals surface area contributed by atoms with Crippen molar-refractivity contribution in [2.75, 3.05) is 5.43 Å². The van der Waals surface area contributed by atoms with E-state index in [4.69, 9.17) is 4.74 Å². The Morgan fingerprint density at radius 1 is 0.875 bits per heavy atom. The van der Waals surface area contributed by atoms with E-state index in [9.17, 15) is 0 Å². The minimum atomic E-state index is 0.569. The molecule has 1 N–H and O–H groups in total. The minimum absolute atomic E-state index is 0.569. The van der Waals surface area contributed by atoms with Gasteiger partial charge in [-0.3, -0.25) is 5.43 Å². The van der Waals surface area contributed by atoms with Gasteiger partial charge < -0.3 is 4.74 Å². The van der Waals surface area contributed by atoms with Gasteiger partial charge in [-0.05, 0) is 82.2 Å². The summed E-state index contributed by atoms with van der Waals surface area (Å²) in [6, 6.07) is 26.1. The van der Waals surface area contributed by atoms with E-state index in [1.807, 2.05) is 54.6 Å². The van der Waals surface area contributed by atoms with E-state index >= 15 is 0 Å². The Morgan fingerprint density at radius 3 is 2.29 bits per heavy atom. The van der Waals surface area contributed by atoms with Gasteiger partial charge in [-0.1, -0.05) is 30.3 Å². The molecule has 0 heterocycles. The van der Waals surface area contributed by atoms with Gasteiger partial charge in [0, 0.05) is 3.57 Å². The molecule has 0 unspecified atom stereocenters. The summed E-state index contributed by atoms with van der Waals surface area (Å²) in [5.41, 5.74) is 6.13. The van der Waals surface area contributed by atoms with Crippen LogP contribution in [-0.4, -0.2) is 6.21 Å². The van der Waals surface area contributed by atoms with Crippen molar-refractivity contribution in [3.05, 3.63) is 93.6 Å². The second kappa shape index (κ2) is 8.49. The molecule has 0 aromatic heterocycles. The first-order valence-corrected chi connectivity index (χ1v) is 8.69. The molecule has 0 saturated carbocycles. The predicted molar refractivity (Wildman–Crippen MR) is 108 cm³/mol. The first-order chi connectivity index (χ1) is 11.8. The van der Waals surface area contributed by atoms with Crippen LogP contribution in [0.5, 0.6) is 5.75 Å². The lowest BCUT2D eigenvalue weighted by Crippen LogP contribution is -1.95. The van der Waals surface area contributed by atoms with Crippen LogP contribution in [0.1, 0.15) is 11.1 Å². The number of anilines is 1. The molecule has 3 rings (SSSR count). The van der Waals surface area contributed by atoms with Gasteiger partial charge in [0.25, 0.3) is 0 Å². The summed E-state index contributed by atoms with van der Waals surface area (Å²) in [5, 5.41) is 4.23. The topological polar surface area (TPSA) is 33.6 Å². The highest BCUT2D eigenvalue weighted by atomic mass is 127. The monoisotopic (exact) mass is 428 g/mol. The zero-order valence-corrected chi connectivity index (χ0v) is 15.2. The van der Waals surface area contributed by atoms with Gasteiger partial charge in [-0.2, -0.15) is 5.10 Å². The molecule has 3 aromatic carbocycles. The van der Waals surface area contributed by atoms with Gasteiger partial charge in [0.1, 0.15) is 12.4 Å². The quantitative estimate of drug-likeness (QED) is 0.328. The summed E-state index contributed by atoms with van der Waals surface area (Å²) in [4.78, 5) is 0. The molecule has 0 aliphatic heterocycles.